The minimum Gasteiger partial charge on any atom is -0.392 e. The highest BCUT2D eigenvalue weighted by Gasteiger charge is 2.03. The average Bonchev–Trinajstić information content (AvgIpc) is 2.26. The number of rotatable bonds is 8. The molecular weight excluding hydrogens is 212 g/mol. The van der Waals surface area contributed by atoms with Crippen LogP contribution < -0.4 is 0 Å². The first-order valence-corrected chi connectivity index (χ1v) is 6.23. The fourth-order valence-corrected chi connectivity index (χ4v) is 1.52. The van der Waals surface area contributed by atoms with Gasteiger partial charge in [0.1, 0.15) is 0 Å². The van der Waals surface area contributed by atoms with Crippen molar-refractivity contribution in [1.29, 1.82) is 0 Å². The number of aliphatic hydroxyl groups excluding tert-OH is 2. The summed E-state index contributed by atoms with van der Waals surface area (Å²) in [4.78, 5) is 0. The molecule has 0 aliphatic heterocycles. The van der Waals surface area contributed by atoms with Crippen LogP contribution in [0.5, 0.6) is 0 Å². The van der Waals surface area contributed by atoms with E-state index in [1.165, 1.54) is 11.1 Å². The first-order chi connectivity index (χ1) is 7.97. The second kappa shape index (κ2) is 9.20. The molecule has 0 aromatic heterocycles. The van der Waals surface area contributed by atoms with E-state index in [2.05, 4.69) is 19.6 Å². The van der Waals surface area contributed by atoms with Gasteiger partial charge in [0, 0.05) is 0 Å². The molecule has 0 saturated carbocycles. The molecule has 0 aliphatic rings. The Morgan fingerprint density at radius 1 is 1.12 bits per heavy atom. The maximum Gasteiger partial charge on any atom is 0.0747 e. The largest absolute Gasteiger partial charge is 0.392 e. The van der Waals surface area contributed by atoms with Gasteiger partial charge in [0.15, 0.2) is 0 Å². The maximum atomic E-state index is 9.60. The molecule has 17 heavy (non-hydrogen) atoms. The molecule has 0 radical (unpaired) electrons. The summed E-state index contributed by atoms with van der Waals surface area (Å²) >= 11 is 0. The summed E-state index contributed by atoms with van der Waals surface area (Å²) in [5.74, 6) is 0. The first-order valence-electron chi connectivity index (χ1n) is 6.23. The van der Waals surface area contributed by atoms with Gasteiger partial charge in [0.2, 0.25) is 0 Å². The van der Waals surface area contributed by atoms with Crippen molar-refractivity contribution in [2.75, 3.05) is 6.61 Å². The van der Waals surface area contributed by atoms with Crippen LogP contribution in [0.2, 0.25) is 0 Å². The molecule has 0 spiro atoms. The molecule has 2 nitrogen and oxygen atoms in total. The van der Waals surface area contributed by atoms with Gasteiger partial charge in [-0.1, -0.05) is 35.5 Å². The molecule has 0 heterocycles. The highest BCUT2D eigenvalue weighted by Crippen LogP contribution is 2.13. The monoisotopic (exact) mass is 238 g/mol. The average molecular weight is 238 g/mol. The second-order valence-corrected chi connectivity index (χ2v) is 4.72. The lowest BCUT2D eigenvalue weighted by atomic mass is 10.0. The second-order valence-electron chi connectivity index (χ2n) is 4.72. The molecule has 1 unspecified atom stereocenters. The van der Waals surface area contributed by atoms with E-state index in [0.717, 1.165) is 31.3 Å². The Morgan fingerprint density at radius 3 is 2.24 bits per heavy atom. The molecule has 0 aromatic rings. The van der Waals surface area contributed by atoms with E-state index in [9.17, 15) is 5.11 Å². The molecule has 0 saturated heterocycles. The summed E-state index contributed by atoms with van der Waals surface area (Å²) in [5.41, 5.74) is 3.36. The molecule has 0 amide bonds. The standard InChI is InChI=1S/C15H26O2/c1-12(2)15(17)9-8-13(3)6-5-7-14(4)10-11-16/h6,10,15-17H,1,5,7-9,11H2,2-4H3/b13-6+,14-10+. The van der Waals surface area contributed by atoms with Crippen LogP contribution in [0.15, 0.2) is 35.5 Å². The van der Waals surface area contributed by atoms with Gasteiger partial charge >= 0.3 is 0 Å². The SMILES string of the molecule is C=C(C)C(O)CC/C(C)=C/CC/C(C)=C/CO. The van der Waals surface area contributed by atoms with Crippen molar-refractivity contribution < 1.29 is 10.2 Å². The van der Waals surface area contributed by atoms with Gasteiger partial charge in [-0.15, -0.1) is 0 Å². The van der Waals surface area contributed by atoms with Crippen LogP contribution in [-0.4, -0.2) is 22.9 Å². The number of hydrogen-bond acceptors (Lipinski definition) is 2. The maximum absolute atomic E-state index is 9.60. The highest BCUT2D eigenvalue weighted by molar-refractivity contribution is 5.05. The van der Waals surface area contributed by atoms with Gasteiger partial charge in [-0.05, 0) is 46.5 Å². The Morgan fingerprint density at radius 2 is 1.71 bits per heavy atom. The zero-order valence-corrected chi connectivity index (χ0v) is 11.4. The number of hydrogen-bond donors (Lipinski definition) is 2. The van der Waals surface area contributed by atoms with E-state index in [4.69, 9.17) is 5.11 Å². The Balaban J connectivity index is 3.87. The lowest BCUT2D eigenvalue weighted by Gasteiger charge is -2.09. The van der Waals surface area contributed by atoms with Crippen LogP contribution in [0.25, 0.3) is 0 Å². The van der Waals surface area contributed by atoms with Crippen LogP contribution in [-0.2, 0) is 0 Å². The molecule has 0 fully saturated rings. The molecule has 1 atom stereocenters. The summed E-state index contributed by atoms with van der Waals surface area (Å²) in [5, 5.41) is 18.3. The Labute approximate surface area is 105 Å². The molecule has 2 heteroatoms. The third-order valence-corrected chi connectivity index (χ3v) is 2.85. The van der Waals surface area contributed by atoms with Crippen LogP contribution in [0.1, 0.15) is 46.5 Å². The number of allylic oxidation sites excluding steroid dienone is 3. The fraction of sp³-hybridized carbons (Fsp3) is 0.600. The third kappa shape index (κ3) is 8.90. The molecule has 0 rings (SSSR count). The van der Waals surface area contributed by atoms with Crippen LogP contribution in [0.3, 0.4) is 0 Å². The van der Waals surface area contributed by atoms with Crippen molar-refractivity contribution in [2.24, 2.45) is 0 Å². The van der Waals surface area contributed by atoms with Crippen LogP contribution in [0.4, 0.5) is 0 Å². The van der Waals surface area contributed by atoms with Crippen molar-refractivity contribution >= 4 is 0 Å². The molecular formula is C15H26O2. The Bertz CT molecular complexity index is 287. The third-order valence-electron chi connectivity index (χ3n) is 2.85. The van der Waals surface area contributed by atoms with Crippen molar-refractivity contribution in [3.63, 3.8) is 0 Å². The lowest BCUT2D eigenvalue weighted by molar-refractivity contribution is 0.201. The lowest BCUT2D eigenvalue weighted by Crippen LogP contribution is -2.06. The first kappa shape index (κ1) is 16.1. The van der Waals surface area contributed by atoms with Crippen LogP contribution >= 0.6 is 0 Å². The predicted molar refractivity (Wildman–Crippen MR) is 73.9 cm³/mol. The van der Waals surface area contributed by atoms with E-state index in [1.54, 1.807) is 0 Å². The minimum absolute atomic E-state index is 0.124. The van der Waals surface area contributed by atoms with E-state index in [0.29, 0.717) is 0 Å². The Hall–Kier alpha value is -0.860. The quantitative estimate of drug-likeness (QED) is 0.636. The molecule has 2 N–H and O–H groups in total. The van der Waals surface area contributed by atoms with E-state index < -0.39 is 0 Å². The van der Waals surface area contributed by atoms with E-state index in [-0.39, 0.29) is 12.7 Å². The summed E-state index contributed by atoms with van der Waals surface area (Å²) < 4.78 is 0. The van der Waals surface area contributed by atoms with E-state index in [1.807, 2.05) is 19.9 Å². The summed E-state index contributed by atoms with van der Waals surface area (Å²) in [6.07, 6.45) is 7.32. The van der Waals surface area contributed by atoms with E-state index >= 15 is 0 Å². The van der Waals surface area contributed by atoms with Gasteiger partial charge in [-0.2, -0.15) is 0 Å². The van der Waals surface area contributed by atoms with Gasteiger partial charge in [0.05, 0.1) is 12.7 Å². The minimum atomic E-state index is -0.380. The molecule has 0 aliphatic carbocycles. The number of aliphatic hydroxyl groups is 2. The van der Waals surface area contributed by atoms with Gasteiger partial charge < -0.3 is 10.2 Å². The van der Waals surface area contributed by atoms with Crippen molar-refractivity contribution in [1.82, 2.24) is 0 Å². The Kier molecular flexibility index (Phi) is 8.73. The van der Waals surface area contributed by atoms with Gasteiger partial charge in [0.25, 0.3) is 0 Å². The molecule has 98 valence electrons. The van der Waals surface area contributed by atoms with Crippen LogP contribution in [0, 0.1) is 0 Å². The van der Waals surface area contributed by atoms with Gasteiger partial charge in [-0.3, -0.25) is 0 Å². The smallest absolute Gasteiger partial charge is 0.0747 e. The zero-order valence-electron chi connectivity index (χ0n) is 11.4. The van der Waals surface area contributed by atoms with Crippen molar-refractivity contribution in [2.45, 2.75) is 52.6 Å². The summed E-state index contributed by atoms with van der Waals surface area (Å²) in [7, 11) is 0. The fourth-order valence-electron chi connectivity index (χ4n) is 1.52. The van der Waals surface area contributed by atoms with Crippen molar-refractivity contribution in [3.8, 4) is 0 Å². The molecule has 0 aromatic carbocycles. The summed E-state index contributed by atoms with van der Waals surface area (Å²) in [6, 6.07) is 0. The summed E-state index contributed by atoms with van der Waals surface area (Å²) in [6.45, 7) is 9.84. The normalized spacial score (nSPS) is 14.9. The predicted octanol–water partition coefficient (Wildman–Crippen LogP) is 3.37. The molecule has 0 bridgehead atoms. The topological polar surface area (TPSA) is 40.5 Å². The highest BCUT2D eigenvalue weighted by atomic mass is 16.3. The van der Waals surface area contributed by atoms with Crippen molar-refractivity contribution in [3.05, 3.63) is 35.5 Å². The zero-order chi connectivity index (χ0) is 13.3. The van der Waals surface area contributed by atoms with Gasteiger partial charge in [-0.25, -0.2) is 0 Å².